The van der Waals surface area contributed by atoms with Crippen molar-refractivity contribution in [3.05, 3.63) is 63.9 Å². The number of aromatic carboxylic acids is 1. The number of carbonyl (C=O) groups is 1. The Balaban J connectivity index is 2.15. The van der Waals surface area contributed by atoms with E-state index < -0.39 is 11.8 Å². The SMILES string of the molecule is Cc1ccc(Cl)cc1OCc1ccc(C(=O)O)cc1F. The second kappa shape index (κ2) is 5.92. The summed E-state index contributed by atoms with van der Waals surface area (Å²) in [6.07, 6.45) is 0. The fourth-order valence-electron chi connectivity index (χ4n) is 1.68. The first-order valence-electron chi connectivity index (χ1n) is 5.88. The number of carboxylic acid groups (broad SMARTS) is 1. The smallest absolute Gasteiger partial charge is 0.335 e. The maximum atomic E-state index is 13.7. The molecular formula is C15H12ClFO3. The topological polar surface area (TPSA) is 46.5 Å². The van der Waals surface area contributed by atoms with Gasteiger partial charge in [-0.15, -0.1) is 0 Å². The molecule has 0 saturated heterocycles. The normalized spacial score (nSPS) is 10.3. The van der Waals surface area contributed by atoms with Crippen molar-refractivity contribution in [2.75, 3.05) is 0 Å². The van der Waals surface area contributed by atoms with Crippen LogP contribution in [0.1, 0.15) is 21.5 Å². The molecule has 2 aromatic rings. The molecule has 0 unspecified atom stereocenters. The van der Waals surface area contributed by atoms with Gasteiger partial charge in [-0.05, 0) is 36.8 Å². The van der Waals surface area contributed by atoms with Crippen molar-refractivity contribution >= 4 is 17.6 Å². The van der Waals surface area contributed by atoms with Gasteiger partial charge < -0.3 is 9.84 Å². The molecular weight excluding hydrogens is 283 g/mol. The van der Waals surface area contributed by atoms with Gasteiger partial charge in [-0.3, -0.25) is 0 Å². The summed E-state index contributed by atoms with van der Waals surface area (Å²) in [4.78, 5) is 10.7. The standard InChI is InChI=1S/C15H12ClFO3/c1-9-2-5-12(16)7-14(9)20-8-11-4-3-10(15(18)19)6-13(11)17/h2-7H,8H2,1H3,(H,18,19). The van der Waals surface area contributed by atoms with Crippen LogP contribution in [0.2, 0.25) is 5.02 Å². The van der Waals surface area contributed by atoms with Crippen molar-refractivity contribution in [1.29, 1.82) is 0 Å². The molecule has 1 N–H and O–H groups in total. The molecule has 0 atom stereocenters. The van der Waals surface area contributed by atoms with Gasteiger partial charge in [0.25, 0.3) is 0 Å². The molecule has 0 aliphatic heterocycles. The first-order valence-corrected chi connectivity index (χ1v) is 6.26. The zero-order valence-electron chi connectivity index (χ0n) is 10.7. The average Bonchev–Trinajstić information content (AvgIpc) is 2.40. The van der Waals surface area contributed by atoms with E-state index >= 15 is 0 Å². The minimum atomic E-state index is -1.16. The summed E-state index contributed by atoms with van der Waals surface area (Å²) < 4.78 is 19.2. The highest BCUT2D eigenvalue weighted by Crippen LogP contribution is 2.24. The van der Waals surface area contributed by atoms with Crippen LogP contribution < -0.4 is 4.74 Å². The number of hydrogen-bond donors (Lipinski definition) is 1. The molecule has 20 heavy (non-hydrogen) atoms. The van der Waals surface area contributed by atoms with Gasteiger partial charge in [0, 0.05) is 10.6 Å². The van der Waals surface area contributed by atoms with Crippen LogP contribution in [0, 0.1) is 12.7 Å². The third-order valence-electron chi connectivity index (χ3n) is 2.83. The highest BCUT2D eigenvalue weighted by molar-refractivity contribution is 6.30. The molecule has 3 nitrogen and oxygen atoms in total. The molecule has 0 heterocycles. The van der Waals surface area contributed by atoms with Crippen LogP contribution in [0.5, 0.6) is 5.75 Å². The first-order chi connectivity index (χ1) is 9.47. The molecule has 5 heteroatoms. The zero-order chi connectivity index (χ0) is 14.7. The van der Waals surface area contributed by atoms with Gasteiger partial charge in [-0.25, -0.2) is 9.18 Å². The van der Waals surface area contributed by atoms with E-state index in [1.54, 1.807) is 12.1 Å². The third-order valence-corrected chi connectivity index (χ3v) is 3.07. The van der Waals surface area contributed by atoms with Gasteiger partial charge in [-0.2, -0.15) is 0 Å². The Bertz CT molecular complexity index is 656. The molecule has 0 amide bonds. The fraction of sp³-hybridized carbons (Fsp3) is 0.133. The Labute approximate surface area is 120 Å². The summed E-state index contributed by atoms with van der Waals surface area (Å²) in [6.45, 7) is 1.86. The zero-order valence-corrected chi connectivity index (χ0v) is 11.4. The lowest BCUT2D eigenvalue weighted by atomic mass is 10.1. The second-order valence-corrected chi connectivity index (χ2v) is 4.75. The Morgan fingerprint density at radius 3 is 2.70 bits per heavy atom. The van der Waals surface area contributed by atoms with E-state index in [-0.39, 0.29) is 17.7 Å². The molecule has 0 bridgehead atoms. The minimum absolute atomic E-state index is 0.00686. The molecule has 0 spiro atoms. The summed E-state index contributed by atoms with van der Waals surface area (Å²) in [5.41, 5.74) is 1.08. The monoisotopic (exact) mass is 294 g/mol. The summed E-state index contributed by atoms with van der Waals surface area (Å²) in [6, 6.07) is 8.92. The van der Waals surface area contributed by atoms with Crippen LogP contribution >= 0.6 is 11.6 Å². The van der Waals surface area contributed by atoms with Gasteiger partial charge in [0.1, 0.15) is 18.2 Å². The minimum Gasteiger partial charge on any atom is -0.488 e. The number of ether oxygens (including phenoxy) is 1. The molecule has 0 aliphatic carbocycles. The van der Waals surface area contributed by atoms with Gasteiger partial charge in [-0.1, -0.05) is 23.7 Å². The predicted molar refractivity (Wildman–Crippen MR) is 73.9 cm³/mol. The second-order valence-electron chi connectivity index (χ2n) is 4.31. The van der Waals surface area contributed by atoms with E-state index in [0.29, 0.717) is 10.8 Å². The molecule has 0 radical (unpaired) electrons. The van der Waals surface area contributed by atoms with Crippen LogP contribution in [0.15, 0.2) is 36.4 Å². The Hall–Kier alpha value is -2.07. The number of rotatable bonds is 4. The Morgan fingerprint density at radius 1 is 1.30 bits per heavy atom. The van der Waals surface area contributed by atoms with Crippen LogP contribution in [-0.2, 0) is 6.61 Å². The van der Waals surface area contributed by atoms with Gasteiger partial charge in [0.05, 0.1) is 5.56 Å². The van der Waals surface area contributed by atoms with Crippen LogP contribution in [0.3, 0.4) is 0 Å². The summed E-state index contributed by atoms with van der Waals surface area (Å²) in [7, 11) is 0. The highest BCUT2D eigenvalue weighted by atomic mass is 35.5. The number of hydrogen-bond acceptors (Lipinski definition) is 2. The molecule has 2 rings (SSSR count). The quantitative estimate of drug-likeness (QED) is 0.925. The fourth-order valence-corrected chi connectivity index (χ4v) is 1.84. The van der Waals surface area contributed by atoms with Gasteiger partial charge >= 0.3 is 5.97 Å². The summed E-state index contributed by atoms with van der Waals surface area (Å²) in [5, 5.41) is 9.30. The highest BCUT2D eigenvalue weighted by Gasteiger charge is 2.09. The van der Waals surface area contributed by atoms with Crippen LogP contribution in [0.4, 0.5) is 4.39 Å². The lowest BCUT2D eigenvalue weighted by molar-refractivity contribution is 0.0696. The van der Waals surface area contributed by atoms with Crippen molar-refractivity contribution in [3.8, 4) is 5.75 Å². The molecule has 2 aromatic carbocycles. The predicted octanol–water partition coefficient (Wildman–Crippen LogP) is 4.06. The van der Waals surface area contributed by atoms with E-state index in [4.69, 9.17) is 21.4 Å². The molecule has 0 aromatic heterocycles. The average molecular weight is 295 g/mol. The van der Waals surface area contributed by atoms with E-state index in [9.17, 15) is 9.18 Å². The molecule has 104 valence electrons. The Kier molecular flexibility index (Phi) is 4.25. The van der Waals surface area contributed by atoms with Crippen molar-refractivity contribution in [2.45, 2.75) is 13.5 Å². The largest absolute Gasteiger partial charge is 0.488 e. The van der Waals surface area contributed by atoms with E-state index in [1.807, 2.05) is 13.0 Å². The molecule has 0 aliphatic rings. The molecule has 0 fully saturated rings. The number of benzene rings is 2. The lowest BCUT2D eigenvalue weighted by Gasteiger charge is -2.10. The van der Waals surface area contributed by atoms with Crippen molar-refractivity contribution in [2.24, 2.45) is 0 Å². The van der Waals surface area contributed by atoms with Crippen molar-refractivity contribution < 1.29 is 19.0 Å². The van der Waals surface area contributed by atoms with Crippen molar-refractivity contribution in [1.82, 2.24) is 0 Å². The van der Waals surface area contributed by atoms with Crippen LogP contribution in [0.25, 0.3) is 0 Å². The maximum Gasteiger partial charge on any atom is 0.335 e. The van der Waals surface area contributed by atoms with Gasteiger partial charge in [0.2, 0.25) is 0 Å². The maximum absolute atomic E-state index is 13.7. The van der Waals surface area contributed by atoms with E-state index in [0.717, 1.165) is 11.6 Å². The summed E-state index contributed by atoms with van der Waals surface area (Å²) in [5.74, 6) is -1.20. The number of aryl methyl sites for hydroxylation is 1. The summed E-state index contributed by atoms with van der Waals surface area (Å²) >= 11 is 5.87. The van der Waals surface area contributed by atoms with Crippen molar-refractivity contribution in [3.63, 3.8) is 0 Å². The van der Waals surface area contributed by atoms with Crippen LogP contribution in [-0.4, -0.2) is 11.1 Å². The van der Waals surface area contributed by atoms with Gasteiger partial charge in [0.15, 0.2) is 0 Å². The Morgan fingerprint density at radius 2 is 2.05 bits per heavy atom. The number of halogens is 2. The third kappa shape index (κ3) is 3.27. The van der Waals surface area contributed by atoms with E-state index in [2.05, 4.69) is 0 Å². The number of carboxylic acids is 1. The lowest BCUT2D eigenvalue weighted by Crippen LogP contribution is -2.03. The molecule has 0 saturated carbocycles. The first kappa shape index (κ1) is 14.3. The van der Waals surface area contributed by atoms with E-state index in [1.165, 1.54) is 12.1 Å².